The Morgan fingerprint density at radius 1 is 1.46 bits per heavy atom. The molecule has 70 valence electrons. The first-order chi connectivity index (χ1) is 6.20. The van der Waals surface area contributed by atoms with Crippen LogP contribution in [0.3, 0.4) is 0 Å². The molecule has 0 aliphatic heterocycles. The van der Waals surface area contributed by atoms with Crippen molar-refractivity contribution in [3.63, 3.8) is 0 Å². The number of alkyl halides is 2. The largest absolute Gasteiger partial charge is 0.495 e. The second kappa shape index (κ2) is 3.98. The minimum Gasteiger partial charge on any atom is -0.495 e. The van der Waals surface area contributed by atoms with Gasteiger partial charge >= 0.3 is 0 Å². The molecule has 0 saturated carbocycles. The van der Waals surface area contributed by atoms with Crippen molar-refractivity contribution in [3.05, 3.63) is 29.3 Å². The number of hydrogen-bond donors (Lipinski definition) is 0. The number of methoxy groups -OCH3 is 1. The van der Waals surface area contributed by atoms with Crippen LogP contribution < -0.4 is 4.74 Å². The Morgan fingerprint density at radius 2 is 2.15 bits per heavy atom. The fourth-order valence-corrected chi connectivity index (χ4v) is 1.07. The maximum atomic E-state index is 12.3. The number of benzene rings is 1. The van der Waals surface area contributed by atoms with Gasteiger partial charge < -0.3 is 4.74 Å². The fourth-order valence-electron chi connectivity index (χ4n) is 1.07. The molecule has 0 aliphatic carbocycles. The molecule has 2 nitrogen and oxygen atoms in total. The summed E-state index contributed by atoms with van der Waals surface area (Å²) in [6.07, 6.45) is -2.14. The molecule has 0 aliphatic rings. The van der Waals surface area contributed by atoms with Gasteiger partial charge in [0.25, 0.3) is 6.43 Å². The Kier molecular flexibility index (Phi) is 2.95. The number of carbonyl (C=O) groups excluding carboxylic acids is 1. The Bertz CT molecular complexity index is 310. The van der Waals surface area contributed by atoms with Crippen molar-refractivity contribution in [1.29, 1.82) is 0 Å². The lowest BCUT2D eigenvalue weighted by atomic mass is 10.1. The van der Waals surface area contributed by atoms with Crippen molar-refractivity contribution in [2.75, 3.05) is 7.11 Å². The molecule has 1 aromatic carbocycles. The number of rotatable bonds is 3. The molecular formula is C9H8F2O2. The zero-order valence-corrected chi connectivity index (χ0v) is 6.96. The number of halogens is 2. The van der Waals surface area contributed by atoms with E-state index < -0.39 is 6.43 Å². The van der Waals surface area contributed by atoms with Crippen molar-refractivity contribution in [2.45, 2.75) is 6.43 Å². The zero-order valence-electron chi connectivity index (χ0n) is 6.96. The zero-order chi connectivity index (χ0) is 9.84. The van der Waals surface area contributed by atoms with Crippen LogP contribution in [-0.2, 0) is 0 Å². The summed E-state index contributed by atoms with van der Waals surface area (Å²) in [6, 6.07) is 4.06. The predicted octanol–water partition coefficient (Wildman–Crippen LogP) is 2.45. The van der Waals surface area contributed by atoms with E-state index in [1.165, 1.54) is 25.3 Å². The highest BCUT2D eigenvalue weighted by Crippen LogP contribution is 2.30. The third-order valence-corrected chi connectivity index (χ3v) is 1.64. The van der Waals surface area contributed by atoms with Crippen molar-refractivity contribution < 1.29 is 18.3 Å². The molecule has 0 radical (unpaired) electrons. The molecule has 0 saturated heterocycles. The van der Waals surface area contributed by atoms with Crippen LogP contribution >= 0.6 is 0 Å². The second-order valence-corrected chi connectivity index (χ2v) is 2.39. The quantitative estimate of drug-likeness (QED) is 0.677. The molecule has 0 spiro atoms. The summed E-state index contributed by atoms with van der Waals surface area (Å²) in [5.74, 6) is -0.0486. The molecule has 0 amide bonds. The normalized spacial score (nSPS) is 10.2. The monoisotopic (exact) mass is 186 g/mol. The molecule has 0 fully saturated rings. The van der Waals surface area contributed by atoms with Gasteiger partial charge in [-0.15, -0.1) is 0 Å². The molecule has 13 heavy (non-hydrogen) atoms. The van der Waals surface area contributed by atoms with Crippen LogP contribution in [0.25, 0.3) is 0 Å². The molecule has 0 heterocycles. The van der Waals surface area contributed by atoms with Crippen LogP contribution in [0.4, 0.5) is 8.78 Å². The molecule has 1 aromatic rings. The van der Waals surface area contributed by atoms with Gasteiger partial charge in [0.2, 0.25) is 0 Å². The van der Waals surface area contributed by atoms with Crippen molar-refractivity contribution in [3.8, 4) is 5.75 Å². The molecule has 1 rings (SSSR count). The highest BCUT2D eigenvalue weighted by molar-refractivity contribution is 5.80. The summed E-state index contributed by atoms with van der Waals surface area (Å²) in [6.45, 7) is 0. The number of ether oxygens (including phenoxy) is 1. The lowest BCUT2D eigenvalue weighted by molar-refractivity contribution is 0.111. The van der Waals surface area contributed by atoms with E-state index in [1.807, 2.05) is 0 Å². The van der Waals surface area contributed by atoms with Gasteiger partial charge in [0.05, 0.1) is 18.2 Å². The Labute approximate surface area is 74.1 Å². The molecule has 0 unspecified atom stereocenters. The van der Waals surface area contributed by atoms with Gasteiger partial charge in [-0.2, -0.15) is 0 Å². The van der Waals surface area contributed by atoms with Crippen LogP contribution in [-0.4, -0.2) is 13.4 Å². The van der Waals surface area contributed by atoms with Gasteiger partial charge in [0, 0.05) is 0 Å². The first-order valence-corrected chi connectivity index (χ1v) is 3.61. The van der Waals surface area contributed by atoms with E-state index in [4.69, 9.17) is 4.74 Å². The van der Waals surface area contributed by atoms with Gasteiger partial charge in [-0.25, -0.2) is 8.78 Å². The Hall–Kier alpha value is -1.45. The summed E-state index contributed by atoms with van der Waals surface area (Å²) in [5.41, 5.74) is -0.118. The van der Waals surface area contributed by atoms with Gasteiger partial charge in [-0.1, -0.05) is 6.07 Å². The van der Waals surface area contributed by atoms with Crippen molar-refractivity contribution >= 4 is 6.29 Å². The van der Waals surface area contributed by atoms with E-state index in [-0.39, 0.29) is 16.9 Å². The van der Waals surface area contributed by atoms with E-state index in [2.05, 4.69) is 0 Å². The van der Waals surface area contributed by atoms with E-state index in [9.17, 15) is 13.6 Å². The SMILES string of the molecule is COc1c(C=O)cccc1C(F)F. The summed E-state index contributed by atoms with van der Waals surface area (Å²) < 4.78 is 29.4. The van der Waals surface area contributed by atoms with E-state index in [0.29, 0.717) is 6.29 Å². The topological polar surface area (TPSA) is 26.3 Å². The van der Waals surface area contributed by atoms with Gasteiger partial charge in [-0.3, -0.25) is 4.79 Å². The van der Waals surface area contributed by atoms with Gasteiger partial charge in [-0.05, 0) is 12.1 Å². The maximum absolute atomic E-state index is 12.3. The molecule has 0 aromatic heterocycles. The summed E-state index contributed by atoms with van der Waals surface area (Å²) >= 11 is 0. The van der Waals surface area contributed by atoms with Gasteiger partial charge in [0.15, 0.2) is 6.29 Å². The predicted molar refractivity (Wildman–Crippen MR) is 43.3 cm³/mol. The first kappa shape index (κ1) is 9.64. The number of para-hydroxylation sites is 1. The summed E-state index contributed by atoms with van der Waals surface area (Å²) in [7, 11) is 1.26. The third kappa shape index (κ3) is 1.83. The lowest BCUT2D eigenvalue weighted by Crippen LogP contribution is -1.96. The van der Waals surface area contributed by atoms with Crippen molar-refractivity contribution in [2.24, 2.45) is 0 Å². The molecule has 0 bridgehead atoms. The standard InChI is InChI=1S/C9H8F2O2/c1-13-8-6(5-12)3-2-4-7(8)9(10)11/h2-5,9H,1H3. The summed E-state index contributed by atoms with van der Waals surface area (Å²) in [4.78, 5) is 10.4. The molecular weight excluding hydrogens is 178 g/mol. The Balaban J connectivity index is 3.26. The highest BCUT2D eigenvalue weighted by Gasteiger charge is 2.15. The average molecular weight is 186 g/mol. The van der Waals surface area contributed by atoms with Gasteiger partial charge in [0.1, 0.15) is 5.75 Å². The number of aldehydes is 1. The maximum Gasteiger partial charge on any atom is 0.267 e. The lowest BCUT2D eigenvalue weighted by Gasteiger charge is -2.08. The van der Waals surface area contributed by atoms with E-state index in [0.717, 1.165) is 0 Å². The molecule has 0 atom stereocenters. The first-order valence-electron chi connectivity index (χ1n) is 3.61. The number of carbonyl (C=O) groups is 1. The minimum absolute atomic E-state index is 0.0486. The smallest absolute Gasteiger partial charge is 0.267 e. The summed E-state index contributed by atoms with van der Waals surface area (Å²) in [5, 5.41) is 0. The number of hydrogen-bond acceptors (Lipinski definition) is 2. The molecule has 4 heteroatoms. The highest BCUT2D eigenvalue weighted by atomic mass is 19.3. The minimum atomic E-state index is -2.63. The second-order valence-electron chi connectivity index (χ2n) is 2.39. The van der Waals surface area contributed by atoms with Crippen LogP contribution in [0.15, 0.2) is 18.2 Å². The molecule has 0 N–H and O–H groups in total. The Morgan fingerprint density at radius 3 is 2.62 bits per heavy atom. The van der Waals surface area contributed by atoms with Crippen LogP contribution in [0.5, 0.6) is 5.75 Å². The van der Waals surface area contributed by atoms with E-state index >= 15 is 0 Å². The average Bonchev–Trinajstić information content (AvgIpc) is 2.16. The van der Waals surface area contributed by atoms with Crippen LogP contribution in [0.1, 0.15) is 22.3 Å². The fraction of sp³-hybridized carbons (Fsp3) is 0.222. The van der Waals surface area contributed by atoms with Crippen LogP contribution in [0, 0.1) is 0 Å². The van der Waals surface area contributed by atoms with Crippen LogP contribution in [0.2, 0.25) is 0 Å². The third-order valence-electron chi connectivity index (χ3n) is 1.64. The van der Waals surface area contributed by atoms with E-state index in [1.54, 1.807) is 0 Å². The van der Waals surface area contributed by atoms with Crippen molar-refractivity contribution in [1.82, 2.24) is 0 Å².